The third-order valence-corrected chi connectivity index (χ3v) is 10.5. The monoisotopic (exact) mass is 592 g/mol. The minimum atomic E-state index is -0.224. The Balaban J connectivity index is 1.12. The van der Waals surface area contributed by atoms with Gasteiger partial charge in [0.05, 0.1) is 0 Å². The second kappa shape index (κ2) is 10.5. The highest BCUT2D eigenvalue weighted by Gasteiger charge is 2.56. The molecule has 0 heterocycles. The molecule has 8 rings (SSSR count). The van der Waals surface area contributed by atoms with E-state index in [9.17, 15) is 9.59 Å². The first-order chi connectivity index (χ1) is 22.4. The topological polar surface area (TPSA) is 34.1 Å². The van der Waals surface area contributed by atoms with Crippen LogP contribution in [0.25, 0.3) is 11.1 Å². The largest absolute Gasteiger partial charge is 0.289 e. The van der Waals surface area contributed by atoms with Gasteiger partial charge in [-0.15, -0.1) is 0 Å². The van der Waals surface area contributed by atoms with Crippen molar-refractivity contribution >= 4 is 22.7 Å². The number of allylic oxidation sites excluding steroid dienone is 14. The van der Waals surface area contributed by atoms with E-state index >= 15 is 0 Å². The maximum atomic E-state index is 13.0. The van der Waals surface area contributed by atoms with Gasteiger partial charge in [0, 0.05) is 33.1 Å². The molecule has 46 heavy (non-hydrogen) atoms. The Labute approximate surface area is 269 Å². The van der Waals surface area contributed by atoms with Gasteiger partial charge >= 0.3 is 0 Å². The van der Waals surface area contributed by atoms with E-state index in [-0.39, 0.29) is 22.4 Å². The smallest absolute Gasteiger partial charge is 0.193 e. The van der Waals surface area contributed by atoms with Crippen LogP contribution in [-0.4, -0.2) is 11.6 Å². The molecule has 4 aliphatic rings. The predicted molar refractivity (Wildman–Crippen MR) is 186 cm³/mol. The number of ketones is 2. The summed E-state index contributed by atoms with van der Waals surface area (Å²) in [5, 5.41) is 0. The van der Waals surface area contributed by atoms with Crippen LogP contribution in [-0.2, 0) is 0 Å². The van der Waals surface area contributed by atoms with Crippen molar-refractivity contribution in [2.45, 2.75) is 13.8 Å². The van der Waals surface area contributed by atoms with Crippen LogP contribution in [0.1, 0.15) is 56.8 Å². The van der Waals surface area contributed by atoms with Crippen LogP contribution in [0.3, 0.4) is 0 Å². The minimum absolute atomic E-state index is 0.0344. The second-order valence-corrected chi connectivity index (χ2v) is 12.8. The zero-order chi connectivity index (χ0) is 31.5. The first kappa shape index (κ1) is 27.9. The van der Waals surface area contributed by atoms with Gasteiger partial charge in [-0.1, -0.05) is 172 Å². The van der Waals surface area contributed by atoms with E-state index in [1.807, 2.05) is 84.9 Å². The average Bonchev–Trinajstić information content (AvgIpc) is 3.11. The summed E-state index contributed by atoms with van der Waals surface area (Å²) in [5.74, 6) is 0.0688. The summed E-state index contributed by atoms with van der Waals surface area (Å²) in [6.45, 7) is 4.74. The number of carbonyl (C=O) groups is 2. The molecule has 0 spiro atoms. The highest BCUT2D eigenvalue weighted by molar-refractivity contribution is 6.09. The lowest BCUT2D eigenvalue weighted by atomic mass is 9.46. The molecule has 2 heteroatoms. The standard InChI is InChI=1S/C44H32O2/c1-43-37-21-23-39-27-36(30-15-19-34(20-16-30)42(46)32-11-7-4-8-12-32)28-40(44(39,43)2)24-22-38(43)26-35(25-37)29-13-17-33(18-14-29)41(45)31-9-5-3-6-10-31/h3-28H,1-2H3. The molecule has 0 amide bonds. The van der Waals surface area contributed by atoms with E-state index in [0.29, 0.717) is 22.3 Å². The Bertz CT molecular complexity index is 1990. The summed E-state index contributed by atoms with van der Waals surface area (Å²) in [5.41, 5.74) is 11.9. The van der Waals surface area contributed by atoms with Crippen molar-refractivity contribution in [1.82, 2.24) is 0 Å². The van der Waals surface area contributed by atoms with Crippen LogP contribution < -0.4 is 0 Å². The predicted octanol–water partition coefficient (Wildman–Crippen LogP) is 9.94. The van der Waals surface area contributed by atoms with Gasteiger partial charge in [0.1, 0.15) is 0 Å². The molecule has 0 aliphatic heterocycles. The third kappa shape index (κ3) is 4.18. The zero-order valence-corrected chi connectivity index (χ0v) is 25.8. The van der Waals surface area contributed by atoms with Crippen LogP contribution in [0, 0.1) is 10.8 Å². The van der Waals surface area contributed by atoms with Gasteiger partial charge in [0.15, 0.2) is 11.6 Å². The maximum absolute atomic E-state index is 13.0. The molecule has 4 aliphatic carbocycles. The Morgan fingerprint density at radius 3 is 1.13 bits per heavy atom. The van der Waals surface area contributed by atoms with Crippen LogP contribution in [0.2, 0.25) is 0 Å². The van der Waals surface area contributed by atoms with Crippen molar-refractivity contribution in [2.75, 3.05) is 0 Å². The molecule has 220 valence electrons. The van der Waals surface area contributed by atoms with E-state index in [1.54, 1.807) is 0 Å². The Morgan fingerprint density at radius 1 is 0.413 bits per heavy atom. The number of hydrogen-bond donors (Lipinski definition) is 0. The fraction of sp³-hybridized carbons (Fsp3) is 0.0909. The lowest BCUT2D eigenvalue weighted by molar-refractivity contribution is 0.103. The molecule has 2 nitrogen and oxygen atoms in total. The average molecular weight is 593 g/mol. The van der Waals surface area contributed by atoms with E-state index in [2.05, 4.69) is 86.7 Å². The highest BCUT2D eigenvalue weighted by Crippen LogP contribution is 2.66. The zero-order valence-electron chi connectivity index (χ0n) is 25.8. The molecule has 0 saturated carbocycles. The lowest BCUT2D eigenvalue weighted by Crippen LogP contribution is -2.47. The number of hydrogen-bond acceptors (Lipinski definition) is 2. The van der Waals surface area contributed by atoms with Gasteiger partial charge in [0.25, 0.3) is 0 Å². The van der Waals surface area contributed by atoms with Gasteiger partial charge < -0.3 is 0 Å². The van der Waals surface area contributed by atoms with Crippen molar-refractivity contribution in [3.05, 3.63) is 213 Å². The number of carbonyl (C=O) groups excluding carboxylic acids is 2. The van der Waals surface area contributed by atoms with Crippen molar-refractivity contribution in [1.29, 1.82) is 0 Å². The van der Waals surface area contributed by atoms with Crippen LogP contribution in [0.15, 0.2) is 180 Å². The Hall–Kier alpha value is -5.60. The van der Waals surface area contributed by atoms with Gasteiger partial charge in [-0.05, 0) is 44.6 Å². The molecule has 4 aromatic rings. The third-order valence-electron chi connectivity index (χ3n) is 10.5. The Morgan fingerprint density at radius 2 is 0.761 bits per heavy atom. The van der Waals surface area contributed by atoms with E-state index in [0.717, 1.165) is 22.3 Å². The summed E-state index contributed by atoms with van der Waals surface area (Å²) < 4.78 is 0. The van der Waals surface area contributed by atoms with E-state index in [1.165, 1.54) is 22.3 Å². The molecule has 0 aromatic heterocycles. The van der Waals surface area contributed by atoms with Gasteiger partial charge in [0.2, 0.25) is 0 Å². The highest BCUT2D eigenvalue weighted by atomic mass is 16.1. The van der Waals surface area contributed by atoms with Crippen molar-refractivity contribution in [2.24, 2.45) is 10.8 Å². The SMILES string of the molecule is CC12C3=CC=C4C=C(c5ccc(C(=O)c6ccccc6)cc5)C=C(C=CC1=CC(c1ccc(C(=O)c5ccccc5)cc1)=C3)C42C. The fourth-order valence-electron chi connectivity index (χ4n) is 7.51. The molecular formula is C44H32O2. The van der Waals surface area contributed by atoms with Crippen molar-refractivity contribution in [3.8, 4) is 0 Å². The second-order valence-electron chi connectivity index (χ2n) is 12.8. The Kier molecular flexibility index (Phi) is 6.37. The summed E-state index contributed by atoms with van der Waals surface area (Å²) in [4.78, 5) is 25.9. The van der Waals surface area contributed by atoms with E-state index < -0.39 is 0 Å². The summed E-state index contributed by atoms with van der Waals surface area (Å²) in [7, 11) is 0. The number of rotatable bonds is 6. The molecule has 0 bridgehead atoms. The van der Waals surface area contributed by atoms with Crippen LogP contribution >= 0.6 is 0 Å². The van der Waals surface area contributed by atoms with Gasteiger partial charge in [-0.2, -0.15) is 0 Å². The lowest BCUT2D eigenvalue weighted by Gasteiger charge is -2.56. The molecule has 2 unspecified atom stereocenters. The molecule has 0 radical (unpaired) electrons. The molecule has 0 fully saturated rings. The molecular weight excluding hydrogens is 560 g/mol. The first-order valence-corrected chi connectivity index (χ1v) is 15.8. The first-order valence-electron chi connectivity index (χ1n) is 15.8. The summed E-state index contributed by atoms with van der Waals surface area (Å²) >= 11 is 0. The van der Waals surface area contributed by atoms with Gasteiger partial charge in [-0.3, -0.25) is 9.59 Å². The van der Waals surface area contributed by atoms with Crippen LogP contribution in [0.4, 0.5) is 0 Å². The van der Waals surface area contributed by atoms with Crippen molar-refractivity contribution in [3.63, 3.8) is 0 Å². The fourth-order valence-corrected chi connectivity index (χ4v) is 7.51. The van der Waals surface area contributed by atoms with Gasteiger partial charge in [-0.25, -0.2) is 0 Å². The quantitative estimate of drug-likeness (QED) is 0.209. The maximum Gasteiger partial charge on any atom is 0.193 e. The number of benzene rings is 4. The molecule has 2 atom stereocenters. The molecule has 0 saturated heterocycles. The minimum Gasteiger partial charge on any atom is -0.289 e. The molecule has 0 N–H and O–H groups in total. The summed E-state index contributed by atoms with van der Waals surface area (Å²) in [6, 6.07) is 34.8. The molecule has 4 aromatic carbocycles. The van der Waals surface area contributed by atoms with Crippen LogP contribution in [0.5, 0.6) is 0 Å². The normalized spacial score (nSPS) is 22.3. The summed E-state index contributed by atoms with van der Waals surface area (Å²) in [6.07, 6.45) is 18.3. The van der Waals surface area contributed by atoms with Crippen molar-refractivity contribution < 1.29 is 9.59 Å². The van der Waals surface area contributed by atoms with E-state index in [4.69, 9.17) is 0 Å².